The quantitative estimate of drug-likeness (QED) is 0.684. The number of hydrogen-bond donors (Lipinski definition) is 0. The molecule has 1 heterocycles. The second-order valence-corrected chi connectivity index (χ2v) is 7.23. The van der Waals surface area contributed by atoms with Gasteiger partial charge in [0.1, 0.15) is 17.4 Å². The van der Waals surface area contributed by atoms with Gasteiger partial charge in [-0.15, -0.1) is 0 Å². The zero-order valence-electron chi connectivity index (χ0n) is 16.9. The van der Waals surface area contributed by atoms with Crippen molar-refractivity contribution in [1.29, 1.82) is 0 Å². The first-order valence-corrected chi connectivity index (χ1v) is 9.81. The highest BCUT2D eigenvalue weighted by molar-refractivity contribution is 6.14. The minimum Gasteiger partial charge on any atom is -0.497 e. The van der Waals surface area contributed by atoms with Gasteiger partial charge in [0.05, 0.1) is 14.2 Å². The number of nitrogens with zero attached hydrogens (tertiary/aromatic N) is 1. The maximum absolute atomic E-state index is 13.4. The lowest BCUT2D eigenvalue weighted by molar-refractivity contribution is -0.131. The van der Waals surface area contributed by atoms with Crippen molar-refractivity contribution >= 4 is 17.4 Å². The second-order valence-electron chi connectivity index (χ2n) is 7.23. The van der Waals surface area contributed by atoms with Crippen LogP contribution in [0.15, 0.2) is 84.6 Å². The number of hydrogen-bond acceptors (Lipinski definition) is 4. The number of Topliss-reactive ketones (excluding diaryl/α,β-unsaturated/α-hetero) is 1. The molecule has 4 rings (SSSR count). The summed E-state index contributed by atoms with van der Waals surface area (Å²) in [4.78, 5) is 28.3. The highest BCUT2D eigenvalue weighted by Gasteiger charge is 2.47. The minimum absolute atomic E-state index is 0.0939. The molecule has 0 N–H and O–H groups in total. The van der Waals surface area contributed by atoms with Gasteiger partial charge in [0.15, 0.2) is 5.78 Å². The van der Waals surface area contributed by atoms with Gasteiger partial charge in [-0.05, 0) is 48.0 Å². The fraction of sp³-hybridized carbons (Fsp3) is 0.200. The Kier molecular flexibility index (Phi) is 5.53. The van der Waals surface area contributed by atoms with Gasteiger partial charge < -0.3 is 9.47 Å². The Hall–Kier alpha value is -3.60. The van der Waals surface area contributed by atoms with Gasteiger partial charge in [0, 0.05) is 23.7 Å². The Morgan fingerprint density at radius 2 is 1.53 bits per heavy atom. The molecule has 0 radical (unpaired) electrons. The van der Waals surface area contributed by atoms with Gasteiger partial charge in [-0.2, -0.15) is 0 Å². The van der Waals surface area contributed by atoms with Gasteiger partial charge in [-0.25, -0.2) is 0 Å². The Labute approximate surface area is 175 Å². The molecule has 2 atom stereocenters. The summed E-state index contributed by atoms with van der Waals surface area (Å²) in [7, 11) is 3.20. The molecule has 1 amide bonds. The Morgan fingerprint density at radius 1 is 0.900 bits per heavy atom. The van der Waals surface area contributed by atoms with E-state index >= 15 is 0 Å². The standard InChI is InChI=1S/C25H23NO4/c1-29-19-12-8-17(9-13-19)16-23(27)24-21-6-4-3-5-7-22(21)26(25(24)28)18-10-14-20(30-2)15-11-18/h3-15,21,24H,16H2,1-2H3/t21-,24-/m1/s1. The zero-order valence-corrected chi connectivity index (χ0v) is 16.9. The average Bonchev–Trinajstić information content (AvgIpc) is 2.90. The topological polar surface area (TPSA) is 55.8 Å². The molecule has 5 heteroatoms. The third kappa shape index (κ3) is 3.66. The van der Waals surface area contributed by atoms with Gasteiger partial charge in [-0.1, -0.05) is 36.4 Å². The minimum atomic E-state index is -0.753. The van der Waals surface area contributed by atoms with Crippen LogP contribution < -0.4 is 14.4 Å². The van der Waals surface area contributed by atoms with E-state index in [1.54, 1.807) is 19.1 Å². The number of carbonyl (C=O) groups is 2. The summed E-state index contributed by atoms with van der Waals surface area (Å²) >= 11 is 0. The number of methoxy groups -OCH3 is 2. The number of fused-ring (bicyclic) bond motifs is 1. The molecule has 2 aromatic rings. The summed E-state index contributed by atoms with van der Waals surface area (Å²) in [6, 6.07) is 14.7. The third-order valence-corrected chi connectivity index (χ3v) is 5.47. The Bertz CT molecular complexity index is 1030. The molecular weight excluding hydrogens is 378 g/mol. The fourth-order valence-corrected chi connectivity index (χ4v) is 3.94. The molecule has 1 fully saturated rings. The summed E-state index contributed by atoms with van der Waals surface area (Å²) in [6.07, 6.45) is 9.74. The maximum Gasteiger partial charge on any atom is 0.242 e. The molecule has 5 nitrogen and oxygen atoms in total. The first-order chi connectivity index (χ1) is 14.6. The van der Waals surface area contributed by atoms with Crippen LogP contribution in [0.3, 0.4) is 0 Å². The van der Waals surface area contributed by atoms with Crippen molar-refractivity contribution in [1.82, 2.24) is 0 Å². The van der Waals surface area contributed by atoms with Crippen molar-refractivity contribution in [3.05, 3.63) is 90.2 Å². The van der Waals surface area contributed by atoms with Crippen LogP contribution in [0.4, 0.5) is 5.69 Å². The van der Waals surface area contributed by atoms with Crippen LogP contribution in [0.5, 0.6) is 11.5 Å². The average molecular weight is 401 g/mol. The van der Waals surface area contributed by atoms with E-state index in [0.717, 1.165) is 22.7 Å². The molecule has 0 unspecified atom stereocenters. The molecule has 0 spiro atoms. The van der Waals surface area contributed by atoms with Gasteiger partial charge in [0.25, 0.3) is 0 Å². The predicted octanol–water partition coefficient (Wildman–Crippen LogP) is 4.10. The van der Waals surface area contributed by atoms with E-state index in [-0.39, 0.29) is 24.0 Å². The zero-order chi connectivity index (χ0) is 21.1. The largest absolute Gasteiger partial charge is 0.497 e. The van der Waals surface area contributed by atoms with Crippen molar-refractivity contribution in [2.75, 3.05) is 19.1 Å². The first kappa shape index (κ1) is 19.7. The number of ether oxygens (including phenoxy) is 2. The lowest BCUT2D eigenvalue weighted by atomic mass is 9.86. The van der Waals surface area contributed by atoms with E-state index in [4.69, 9.17) is 9.47 Å². The van der Waals surface area contributed by atoms with Gasteiger partial charge >= 0.3 is 0 Å². The summed E-state index contributed by atoms with van der Waals surface area (Å²) in [5.74, 6) is 0.107. The second kappa shape index (κ2) is 8.41. The Morgan fingerprint density at radius 3 is 2.17 bits per heavy atom. The van der Waals surface area contributed by atoms with E-state index in [1.807, 2.05) is 78.9 Å². The van der Waals surface area contributed by atoms with E-state index in [2.05, 4.69) is 0 Å². The van der Waals surface area contributed by atoms with Crippen molar-refractivity contribution < 1.29 is 19.1 Å². The van der Waals surface area contributed by atoms with Crippen molar-refractivity contribution in [3.8, 4) is 11.5 Å². The van der Waals surface area contributed by atoms with Crippen LogP contribution in [-0.4, -0.2) is 25.9 Å². The monoisotopic (exact) mass is 401 g/mol. The molecule has 152 valence electrons. The normalized spacial score (nSPS) is 19.9. The molecule has 1 aliphatic carbocycles. The molecular formula is C25H23NO4. The molecule has 2 aromatic carbocycles. The van der Waals surface area contributed by atoms with Gasteiger partial charge in [-0.3, -0.25) is 14.5 Å². The number of ketones is 1. The Balaban J connectivity index is 1.65. The maximum atomic E-state index is 13.4. The van der Waals surface area contributed by atoms with Crippen molar-refractivity contribution in [2.24, 2.45) is 11.8 Å². The predicted molar refractivity (Wildman–Crippen MR) is 116 cm³/mol. The van der Waals surface area contributed by atoms with E-state index in [0.29, 0.717) is 5.75 Å². The number of anilines is 1. The molecule has 0 bridgehead atoms. The third-order valence-electron chi connectivity index (χ3n) is 5.47. The van der Waals surface area contributed by atoms with E-state index in [1.165, 1.54) is 0 Å². The van der Waals surface area contributed by atoms with Crippen LogP contribution in [0, 0.1) is 11.8 Å². The summed E-state index contributed by atoms with van der Waals surface area (Å²) in [5, 5.41) is 0. The molecule has 0 aromatic heterocycles. The van der Waals surface area contributed by atoms with E-state index in [9.17, 15) is 9.59 Å². The smallest absolute Gasteiger partial charge is 0.242 e. The van der Waals surface area contributed by atoms with Crippen molar-refractivity contribution in [3.63, 3.8) is 0 Å². The fourth-order valence-electron chi connectivity index (χ4n) is 3.94. The van der Waals surface area contributed by atoms with Crippen LogP contribution in [0.2, 0.25) is 0 Å². The van der Waals surface area contributed by atoms with Crippen LogP contribution in [-0.2, 0) is 16.0 Å². The van der Waals surface area contributed by atoms with Crippen molar-refractivity contribution in [2.45, 2.75) is 6.42 Å². The summed E-state index contributed by atoms with van der Waals surface area (Å²) in [5.41, 5.74) is 2.39. The first-order valence-electron chi connectivity index (χ1n) is 9.81. The van der Waals surface area contributed by atoms with Crippen LogP contribution in [0.1, 0.15) is 5.56 Å². The summed E-state index contributed by atoms with van der Waals surface area (Å²) in [6.45, 7) is 0. The lowest BCUT2D eigenvalue weighted by Crippen LogP contribution is -2.31. The van der Waals surface area contributed by atoms with E-state index < -0.39 is 5.92 Å². The molecule has 1 saturated heterocycles. The summed E-state index contributed by atoms with van der Waals surface area (Å²) < 4.78 is 10.4. The van der Waals surface area contributed by atoms with Crippen LogP contribution >= 0.6 is 0 Å². The number of carbonyl (C=O) groups excluding carboxylic acids is 2. The molecule has 0 saturated carbocycles. The highest BCUT2D eigenvalue weighted by atomic mass is 16.5. The highest BCUT2D eigenvalue weighted by Crippen LogP contribution is 2.41. The number of rotatable bonds is 6. The molecule has 1 aliphatic heterocycles. The number of amides is 1. The molecule has 30 heavy (non-hydrogen) atoms. The number of benzene rings is 2. The van der Waals surface area contributed by atoms with Crippen LogP contribution in [0.25, 0.3) is 0 Å². The number of allylic oxidation sites excluding steroid dienone is 5. The molecule has 2 aliphatic rings. The van der Waals surface area contributed by atoms with Gasteiger partial charge in [0.2, 0.25) is 5.91 Å². The SMILES string of the molecule is COc1ccc(CC(=O)[C@@H]2C(=O)N(c3ccc(OC)cc3)C3=CC=CC=C[C@H]32)cc1. The lowest BCUT2D eigenvalue weighted by Gasteiger charge is -2.19.